The lowest BCUT2D eigenvalue weighted by molar-refractivity contribution is -0.141. The van der Waals surface area contributed by atoms with Gasteiger partial charge in [-0.3, -0.25) is 28.6 Å². The van der Waals surface area contributed by atoms with Crippen molar-refractivity contribution in [1.82, 2.24) is 26.2 Å². The number of carbonyl (C=O) groups excluding carboxylic acids is 5. The quantitative estimate of drug-likeness (QED) is 0.0499. The first-order valence-corrected chi connectivity index (χ1v) is 20.8. The van der Waals surface area contributed by atoms with E-state index in [2.05, 4.69) is 21.3 Å². The second-order valence-corrected chi connectivity index (χ2v) is 17.2. The Morgan fingerprint density at radius 1 is 1.02 bits per heavy atom. The van der Waals surface area contributed by atoms with Crippen LogP contribution in [-0.4, -0.2) is 95.4 Å². The molecule has 5 aliphatic rings. The Bertz CT molecular complexity index is 1270. The summed E-state index contributed by atoms with van der Waals surface area (Å²) in [6.45, 7) is 2.72. The van der Waals surface area contributed by atoms with Crippen LogP contribution >= 0.6 is 19.4 Å². The van der Waals surface area contributed by atoms with E-state index in [1.807, 2.05) is 23.9 Å². The van der Waals surface area contributed by atoms with Gasteiger partial charge in [-0.2, -0.15) is 11.8 Å². The molecule has 48 heavy (non-hydrogen) atoms. The number of allylic oxidation sites excluding steroid dienone is 2. The molecule has 0 bridgehead atoms. The highest BCUT2D eigenvalue weighted by atomic mass is 32.2. The van der Waals surface area contributed by atoms with E-state index < -0.39 is 13.5 Å². The number of hydrogen-bond donors (Lipinski definition) is 5. The number of carbonyl (C=O) groups is 5. The summed E-state index contributed by atoms with van der Waals surface area (Å²) in [6.07, 6.45) is 12.7. The van der Waals surface area contributed by atoms with Crippen LogP contribution in [0.2, 0.25) is 0 Å². The van der Waals surface area contributed by atoms with Gasteiger partial charge in [-0.15, -0.1) is 0 Å². The second kappa shape index (κ2) is 17.0. The topological polar surface area (TPSA) is 183 Å². The number of amides is 6. The fourth-order valence-electron chi connectivity index (χ4n) is 7.94. The molecule has 0 radical (unpaired) electrons. The van der Waals surface area contributed by atoms with Crippen LogP contribution in [0.5, 0.6) is 0 Å². The van der Waals surface area contributed by atoms with Crippen LogP contribution in [0, 0.1) is 29.6 Å². The van der Waals surface area contributed by atoms with Crippen LogP contribution in [0.1, 0.15) is 77.0 Å². The van der Waals surface area contributed by atoms with Gasteiger partial charge in [0.1, 0.15) is 0 Å². The number of unbranched alkanes of at least 4 members (excludes halogenated alkanes) is 2. The molecule has 3 saturated heterocycles. The van der Waals surface area contributed by atoms with Gasteiger partial charge in [0.25, 0.3) is 0 Å². The number of fused-ring (bicyclic) bond motifs is 2. The van der Waals surface area contributed by atoms with Crippen molar-refractivity contribution in [3.8, 4) is 0 Å². The van der Waals surface area contributed by atoms with Crippen LogP contribution in [-0.2, 0) is 28.3 Å². The fraction of sp³-hybridized carbons (Fsp3) is 0.788. The number of urea groups is 1. The van der Waals surface area contributed by atoms with E-state index in [0.29, 0.717) is 44.1 Å². The normalized spacial score (nSPS) is 32.3. The molecule has 0 aromatic carbocycles. The van der Waals surface area contributed by atoms with Crippen molar-refractivity contribution in [1.29, 1.82) is 0 Å². The zero-order chi connectivity index (χ0) is 34.3. The van der Waals surface area contributed by atoms with Crippen LogP contribution in [0.15, 0.2) is 12.2 Å². The number of thioether (sulfide) groups is 1. The number of nitrogens with zero attached hydrogens (tertiary/aromatic N) is 1. The van der Waals surface area contributed by atoms with Gasteiger partial charge in [0.05, 0.1) is 30.5 Å². The Morgan fingerprint density at radius 3 is 2.52 bits per heavy atom. The molecule has 5 N–H and O–H groups in total. The summed E-state index contributed by atoms with van der Waals surface area (Å²) in [5.74, 6) is -0.181. The van der Waals surface area contributed by atoms with E-state index in [9.17, 15) is 33.4 Å². The molecule has 0 aromatic rings. The van der Waals surface area contributed by atoms with E-state index in [1.165, 1.54) is 4.90 Å². The van der Waals surface area contributed by atoms with Gasteiger partial charge in [0.15, 0.2) is 0 Å². The molecule has 268 valence electrons. The molecule has 0 spiro atoms. The van der Waals surface area contributed by atoms with Crippen molar-refractivity contribution in [3.05, 3.63) is 12.2 Å². The molecule has 0 aromatic heterocycles. The predicted octanol–water partition coefficient (Wildman–Crippen LogP) is 2.93. The van der Waals surface area contributed by atoms with E-state index in [1.54, 1.807) is 0 Å². The molecule has 15 heteroatoms. The molecule has 5 rings (SSSR count). The molecule has 6 amide bonds. The minimum atomic E-state index is -3.60. The lowest BCUT2D eigenvalue weighted by atomic mass is 9.76. The molecule has 3 heterocycles. The summed E-state index contributed by atoms with van der Waals surface area (Å²) in [4.78, 5) is 73.9. The van der Waals surface area contributed by atoms with Crippen LogP contribution < -0.4 is 21.3 Å². The van der Waals surface area contributed by atoms with Gasteiger partial charge in [-0.1, -0.05) is 18.6 Å². The molecule has 7 atom stereocenters. The molecule has 3 aliphatic heterocycles. The number of likely N-dealkylation sites (tertiary alicyclic amines) is 1. The minimum Gasteiger partial charge on any atom is -0.356 e. The highest BCUT2D eigenvalue weighted by Gasteiger charge is 2.51. The number of imide groups is 1. The highest BCUT2D eigenvalue weighted by molar-refractivity contribution is 8.00. The van der Waals surface area contributed by atoms with Gasteiger partial charge in [-0.25, -0.2) is 4.79 Å². The summed E-state index contributed by atoms with van der Waals surface area (Å²) in [5.41, 5.74) is 0. The van der Waals surface area contributed by atoms with Gasteiger partial charge in [0, 0.05) is 49.6 Å². The largest absolute Gasteiger partial charge is 0.356 e. The highest BCUT2D eigenvalue weighted by Crippen LogP contribution is 2.43. The second-order valence-electron chi connectivity index (χ2n) is 14.1. The van der Waals surface area contributed by atoms with Crippen LogP contribution in [0.4, 0.5) is 4.79 Å². The molecule has 13 nitrogen and oxygen atoms in total. The van der Waals surface area contributed by atoms with Gasteiger partial charge in [-0.05, 0) is 76.0 Å². The number of rotatable bonds is 17. The SMILES string of the molecule is CP(=O)(O)OCCC1C=CCC2C(=O)N(CC3CCC(C(=O)NCCCCNC(=O)CCCCC4SCC5NC(=O)NC54)CC3)C(=O)C12. The molecule has 7 unspecified atom stereocenters. The third-order valence-electron chi connectivity index (χ3n) is 10.5. The minimum absolute atomic E-state index is 0.0483. The van der Waals surface area contributed by atoms with Crippen molar-refractivity contribution >= 4 is 49.0 Å². The molecular formula is C33H52N5O8PS. The van der Waals surface area contributed by atoms with Crippen molar-refractivity contribution < 1.29 is 38.0 Å². The monoisotopic (exact) mass is 709 g/mol. The van der Waals surface area contributed by atoms with E-state index in [0.717, 1.165) is 70.2 Å². The predicted molar refractivity (Wildman–Crippen MR) is 182 cm³/mol. The van der Waals surface area contributed by atoms with E-state index >= 15 is 0 Å². The zero-order valence-electron chi connectivity index (χ0n) is 27.9. The lowest BCUT2D eigenvalue weighted by Crippen LogP contribution is -2.39. The average molecular weight is 710 g/mol. The van der Waals surface area contributed by atoms with Crippen LogP contribution in [0.3, 0.4) is 0 Å². The maximum Gasteiger partial charge on any atom is 0.325 e. The van der Waals surface area contributed by atoms with Crippen LogP contribution in [0.25, 0.3) is 0 Å². The van der Waals surface area contributed by atoms with E-state index in [-0.39, 0.29) is 72.0 Å². The Balaban J connectivity index is 0.900. The maximum absolute atomic E-state index is 13.4. The number of nitrogens with one attached hydrogen (secondary N) is 4. The summed E-state index contributed by atoms with van der Waals surface area (Å²) < 4.78 is 16.5. The Kier molecular flexibility index (Phi) is 13.1. The number of hydrogen-bond acceptors (Lipinski definition) is 8. The molecule has 4 fully saturated rings. The summed E-state index contributed by atoms with van der Waals surface area (Å²) in [7, 11) is -3.60. The first kappa shape index (κ1) is 36.9. The Morgan fingerprint density at radius 2 is 1.77 bits per heavy atom. The average Bonchev–Trinajstić information content (AvgIpc) is 3.68. The molecular weight excluding hydrogens is 657 g/mol. The zero-order valence-corrected chi connectivity index (χ0v) is 29.6. The Labute approximate surface area is 287 Å². The molecule has 2 aliphatic carbocycles. The summed E-state index contributed by atoms with van der Waals surface area (Å²) >= 11 is 1.89. The first-order chi connectivity index (χ1) is 23.0. The van der Waals surface area contributed by atoms with Crippen molar-refractivity contribution in [2.24, 2.45) is 29.6 Å². The lowest BCUT2D eigenvalue weighted by Gasteiger charge is -2.30. The molecule has 1 saturated carbocycles. The smallest absolute Gasteiger partial charge is 0.325 e. The van der Waals surface area contributed by atoms with Gasteiger partial charge < -0.3 is 30.7 Å². The third kappa shape index (κ3) is 9.85. The maximum atomic E-state index is 13.4. The summed E-state index contributed by atoms with van der Waals surface area (Å²) in [6, 6.07) is 0.360. The summed E-state index contributed by atoms with van der Waals surface area (Å²) in [5, 5.41) is 12.4. The van der Waals surface area contributed by atoms with Crippen molar-refractivity contribution in [2.75, 3.05) is 38.7 Å². The van der Waals surface area contributed by atoms with Gasteiger partial charge in [0.2, 0.25) is 23.6 Å². The van der Waals surface area contributed by atoms with Crippen molar-refractivity contribution in [3.63, 3.8) is 0 Å². The first-order valence-electron chi connectivity index (χ1n) is 17.7. The third-order valence-corrected chi connectivity index (χ3v) is 12.7. The fourth-order valence-corrected chi connectivity index (χ4v) is 9.93. The Hall–Kier alpha value is -2.41. The van der Waals surface area contributed by atoms with Crippen molar-refractivity contribution in [2.45, 2.75) is 94.4 Å². The standard InChI is InChI=1S/C33H52N5O8PS/c1-47(44,45)46-18-15-22-7-6-8-24-28(22)32(42)38(31(24)41)19-21-11-13-23(14-12-21)30(40)35-17-5-4-16-34-27(39)10-3-2-9-26-29-25(20-48-26)36-33(43)37-29/h6-7,21-26,28-29H,2-5,8-20H2,1H3,(H,34,39)(H,35,40)(H,44,45)(H2,36,37,43). The van der Waals surface area contributed by atoms with Gasteiger partial charge >= 0.3 is 13.6 Å². The van der Waals surface area contributed by atoms with E-state index in [4.69, 9.17) is 4.52 Å².